The molecule has 0 amide bonds. The Bertz CT molecular complexity index is 751. The fraction of sp³-hybridized carbons (Fsp3) is 0.308. The zero-order chi connectivity index (χ0) is 14.3. The lowest BCUT2D eigenvalue weighted by Crippen LogP contribution is -2.39. The van der Waals surface area contributed by atoms with Gasteiger partial charge in [-0.3, -0.25) is 8.99 Å². The molecule has 0 fully saturated rings. The number of aryl methyl sites for hydroxylation is 1. The molecule has 0 atom stereocenters. The van der Waals surface area contributed by atoms with Gasteiger partial charge in [-0.15, -0.1) is 0 Å². The van der Waals surface area contributed by atoms with E-state index in [1.807, 2.05) is 24.3 Å². The Hall–Kier alpha value is -2.02. The first kappa shape index (κ1) is 13.0. The van der Waals surface area contributed by atoms with Crippen LogP contribution < -0.4 is 9.62 Å². The minimum Gasteiger partial charge on any atom is -0.382 e. The van der Waals surface area contributed by atoms with Crippen LogP contribution in [0.5, 0.6) is 0 Å². The van der Waals surface area contributed by atoms with Gasteiger partial charge in [-0.25, -0.2) is 8.42 Å². The number of hydrogen-bond acceptors (Lipinski definition) is 4. The van der Waals surface area contributed by atoms with E-state index in [0.717, 1.165) is 5.69 Å². The van der Waals surface area contributed by atoms with Gasteiger partial charge in [-0.05, 0) is 19.1 Å². The molecular formula is C13H16N4O2S. The molecule has 0 bridgehead atoms. The highest BCUT2D eigenvalue weighted by molar-refractivity contribution is 7.92. The first-order valence-electron chi connectivity index (χ1n) is 6.36. The smallest absolute Gasteiger partial charge is 0.267 e. The molecule has 20 heavy (non-hydrogen) atoms. The van der Waals surface area contributed by atoms with Crippen molar-refractivity contribution in [3.8, 4) is 0 Å². The van der Waals surface area contributed by atoms with Gasteiger partial charge in [0.05, 0.1) is 29.8 Å². The Morgan fingerprint density at radius 3 is 2.75 bits per heavy atom. The normalized spacial score (nSPS) is 14.8. The summed E-state index contributed by atoms with van der Waals surface area (Å²) in [5, 5.41) is 7.24. The van der Waals surface area contributed by atoms with E-state index in [2.05, 4.69) is 10.4 Å². The molecule has 7 heteroatoms. The third kappa shape index (κ3) is 1.85. The minimum atomic E-state index is -3.58. The van der Waals surface area contributed by atoms with Crippen LogP contribution in [0.2, 0.25) is 0 Å². The highest BCUT2D eigenvalue weighted by Gasteiger charge is 2.31. The summed E-state index contributed by atoms with van der Waals surface area (Å²) in [6.07, 6.45) is 1.41. The number of nitrogens with zero attached hydrogens (tertiary/aromatic N) is 3. The summed E-state index contributed by atoms with van der Waals surface area (Å²) in [5.41, 5.74) is 2.16. The molecule has 6 nitrogen and oxygen atoms in total. The van der Waals surface area contributed by atoms with Gasteiger partial charge >= 0.3 is 0 Å². The lowest BCUT2D eigenvalue weighted by molar-refractivity contribution is 0.589. The molecular weight excluding hydrogens is 276 g/mol. The third-order valence-electron chi connectivity index (χ3n) is 3.56. The van der Waals surface area contributed by atoms with Gasteiger partial charge in [0.2, 0.25) is 0 Å². The van der Waals surface area contributed by atoms with Gasteiger partial charge < -0.3 is 5.32 Å². The average molecular weight is 292 g/mol. The Morgan fingerprint density at radius 1 is 1.30 bits per heavy atom. The number of anilines is 2. The summed E-state index contributed by atoms with van der Waals surface area (Å²) in [6.45, 7) is 2.76. The van der Waals surface area contributed by atoms with E-state index in [4.69, 9.17) is 0 Å². The van der Waals surface area contributed by atoms with E-state index in [1.54, 1.807) is 18.7 Å². The van der Waals surface area contributed by atoms with Crippen LogP contribution in [-0.2, 0) is 17.1 Å². The van der Waals surface area contributed by atoms with Crippen LogP contribution in [-0.4, -0.2) is 31.3 Å². The fourth-order valence-electron chi connectivity index (χ4n) is 2.35. The largest absolute Gasteiger partial charge is 0.382 e. The van der Waals surface area contributed by atoms with Gasteiger partial charge in [-0.2, -0.15) is 5.10 Å². The van der Waals surface area contributed by atoms with Crippen LogP contribution in [0, 0.1) is 6.92 Å². The molecule has 1 aromatic heterocycles. The molecule has 2 heterocycles. The van der Waals surface area contributed by atoms with Crippen LogP contribution >= 0.6 is 0 Å². The van der Waals surface area contributed by atoms with Gasteiger partial charge in [0.1, 0.15) is 4.90 Å². The number of para-hydroxylation sites is 2. The molecule has 0 saturated heterocycles. The van der Waals surface area contributed by atoms with Crippen molar-refractivity contribution in [2.45, 2.75) is 11.8 Å². The predicted molar refractivity (Wildman–Crippen MR) is 77.4 cm³/mol. The predicted octanol–water partition coefficient (Wildman–Crippen LogP) is 1.35. The molecule has 2 aromatic rings. The van der Waals surface area contributed by atoms with Crippen molar-refractivity contribution in [1.82, 2.24) is 9.78 Å². The molecule has 1 N–H and O–H groups in total. The molecule has 0 spiro atoms. The molecule has 0 aliphatic carbocycles. The Balaban J connectivity index is 2.12. The molecule has 106 valence electrons. The summed E-state index contributed by atoms with van der Waals surface area (Å²) in [4.78, 5) is 0.261. The van der Waals surface area contributed by atoms with Crippen molar-refractivity contribution in [2.24, 2.45) is 7.05 Å². The SMILES string of the molecule is Cc1c(S(=O)(=O)N2CCNc3ccccc32)cnn1C. The monoisotopic (exact) mass is 292 g/mol. The summed E-state index contributed by atoms with van der Waals surface area (Å²) >= 11 is 0. The Labute approximate surface area is 118 Å². The minimum absolute atomic E-state index is 0.261. The van der Waals surface area contributed by atoms with Crippen LogP contribution in [0.1, 0.15) is 5.69 Å². The van der Waals surface area contributed by atoms with Crippen molar-refractivity contribution >= 4 is 21.4 Å². The maximum Gasteiger partial charge on any atom is 0.267 e. The maximum atomic E-state index is 12.8. The molecule has 0 radical (unpaired) electrons. The third-order valence-corrected chi connectivity index (χ3v) is 5.48. The fourth-order valence-corrected chi connectivity index (χ4v) is 4.03. The van der Waals surface area contributed by atoms with Gasteiger partial charge in [-0.1, -0.05) is 12.1 Å². The first-order chi connectivity index (χ1) is 9.51. The second-order valence-electron chi connectivity index (χ2n) is 4.74. The number of hydrogen-bond donors (Lipinski definition) is 1. The summed E-state index contributed by atoms with van der Waals surface area (Å²) in [5.74, 6) is 0. The van der Waals surface area contributed by atoms with E-state index in [1.165, 1.54) is 10.5 Å². The Kier molecular flexibility index (Phi) is 2.93. The van der Waals surface area contributed by atoms with Gasteiger partial charge in [0.25, 0.3) is 10.0 Å². The van der Waals surface area contributed by atoms with Gasteiger partial charge in [0.15, 0.2) is 0 Å². The molecule has 1 aliphatic heterocycles. The van der Waals surface area contributed by atoms with E-state index in [9.17, 15) is 8.42 Å². The van der Waals surface area contributed by atoms with Crippen LogP contribution in [0.3, 0.4) is 0 Å². The number of aromatic nitrogens is 2. The van der Waals surface area contributed by atoms with E-state index in [-0.39, 0.29) is 4.90 Å². The van der Waals surface area contributed by atoms with Crippen molar-refractivity contribution in [3.05, 3.63) is 36.2 Å². The molecule has 0 unspecified atom stereocenters. The van der Waals surface area contributed by atoms with Gasteiger partial charge in [0, 0.05) is 13.6 Å². The topological polar surface area (TPSA) is 67.2 Å². The second-order valence-corrected chi connectivity index (χ2v) is 6.57. The molecule has 1 aliphatic rings. The highest BCUT2D eigenvalue weighted by Crippen LogP contribution is 2.33. The molecule has 1 aromatic carbocycles. The zero-order valence-electron chi connectivity index (χ0n) is 11.4. The van der Waals surface area contributed by atoms with Crippen molar-refractivity contribution in [3.63, 3.8) is 0 Å². The van der Waals surface area contributed by atoms with Crippen molar-refractivity contribution in [2.75, 3.05) is 22.7 Å². The number of sulfonamides is 1. The number of benzene rings is 1. The second kappa shape index (κ2) is 4.52. The van der Waals surface area contributed by atoms with Crippen LogP contribution in [0.25, 0.3) is 0 Å². The van der Waals surface area contributed by atoms with Crippen molar-refractivity contribution < 1.29 is 8.42 Å². The van der Waals surface area contributed by atoms with Crippen LogP contribution in [0.15, 0.2) is 35.4 Å². The number of nitrogens with one attached hydrogen (secondary N) is 1. The van der Waals surface area contributed by atoms with E-state index >= 15 is 0 Å². The quantitative estimate of drug-likeness (QED) is 0.907. The summed E-state index contributed by atoms with van der Waals surface area (Å²) < 4.78 is 28.7. The highest BCUT2D eigenvalue weighted by atomic mass is 32.2. The molecule has 3 rings (SSSR count). The van der Waals surface area contributed by atoms with Crippen molar-refractivity contribution in [1.29, 1.82) is 0 Å². The Morgan fingerprint density at radius 2 is 2.05 bits per heavy atom. The van der Waals surface area contributed by atoms with Crippen LogP contribution in [0.4, 0.5) is 11.4 Å². The van der Waals surface area contributed by atoms with E-state index < -0.39 is 10.0 Å². The van der Waals surface area contributed by atoms with E-state index in [0.29, 0.717) is 24.5 Å². The summed E-state index contributed by atoms with van der Waals surface area (Å²) in [6, 6.07) is 7.42. The number of rotatable bonds is 2. The lowest BCUT2D eigenvalue weighted by atomic mass is 10.2. The number of fused-ring (bicyclic) bond motifs is 1. The average Bonchev–Trinajstić information content (AvgIpc) is 2.79. The summed E-state index contributed by atoms with van der Waals surface area (Å²) in [7, 11) is -1.84. The maximum absolute atomic E-state index is 12.8. The first-order valence-corrected chi connectivity index (χ1v) is 7.80. The zero-order valence-corrected chi connectivity index (χ0v) is 12.2. The molecule has 0 saturated carbocycles. The standard InChI is InChI=1S/C13H16N4O2S/c1-10-13(9-15-16(10)2)20(18,19)17-8-7-14-11-5-3-4-6-12(11)17/h3-6,9,14H,7-8H2,1-2H3. The lowest BCUT2D eigenvalue weighted by Gasteiger charge is -2.30.